The molecular formula is C15H18ClNS. The molecule has 0 saturated heterocycles. The molecule has 0 bridgehead atoms. The van der Waals surface area contributed by atoms with Crippen molar-refractivity contribution in [3.8, 4) is 0 Å². The molecule has 1 aromatic carbocycles. The van der Waals surface area contributed by atoms with Gasteiger partial charge in [-0.1, -0.05) is 17.7 Å². The second kappa shape index (κ2) is 5.43. The van der Waals surface area contributed by atoms with Crippen molar-refractivity contribution in [2.75, 3.05) is 7.05 Å². The molecule has 0 saturated carbocycles. The highest BCUT2D eigenvalue weighted by atomic mass is 35.5. The van der Waals surface area contributed by atoms with Crippen LogP contribution in [-0.4, -0.2) is 7.05 Å². The van der Waals surface area contributed by atoms with Crippen LogP contribution in [0, 0.1) is 20.8 Å². The van der Waals surface area contributed by atoms with Crippen molar-refractivity contribution < 1.29 is 0 Å². The third kappa shape index (κ3) is 2.77. The summed E-state index contributed by atoms with van der Waals surface area (Å²) in [6, 6.07) is 8.69. The molecule has 1 nitrogen and oxygen atoms in total. The maximum absolute atomic E-state index is 6.16. The lowest BCUT2D eigenvalue weighted by molar-refractivity contribution is 0.700. The molecule has 0 fully saturated rings. The van der Waals surface area contributed by atoms with Gasteiger partial charge in [-0.05, 0) is 62.7 Å². The van der Waals surface area contributed by atoms with Gasteiger partial charge in [-0.3, -0.25) is 0 Å². The Hall–Kier alpha value is -0.830. The Morgan fingerprint density at radius 3 is 2.33 bits per heavy atom. The van der Waals surface area contributed by atoms with E-state index in [9.17, 15) is 0 Å². The average molecular weight is 280 g/mol. The van der Waals surface area contributed by atoms with E-state index in [1.165, 1.54) is 26.4 Å². The van der Waals surface area contributed by atoms with E-state index in [1.54, 1.807) is 0 Å². The molecule has 1 N–H and O–H groups in total. The fourth-order valence-electron chi connectivity index (χ4n) is 2.33. The third-order valence-electron chi connectivity index (χ3n) is 3.03. The Morgan fingerprint density at radius 2 is 1.83 bits per heavy atom. The van der Waals surface area contributed by atoms with Crippen molar-refractivity contribution >= 4 is 22.9 Å². The minimum atomic E-state index is 0.223. The summed E-state index contributed by atoms with van der Waals surface area (Å²) < 4.78 is 0. The predicted octanol–water partition coefficient (Wildman–Crippen LogP) is 4.64. The molecule has 1 atom stereocenters. The fraction of sp³-hybridized carbons (Fsp3) is 0.333. The van der Waals surface area contributed by atoms with Gasteiger partial charge in [-0.25, -0.2) is 0 Å². The Morgan fingerprint density at radius 1 is 1.11 bits per heavy atom. The number of hydrogen-bond donors (Lipinski definition) is 1. The van der Waals surface area contributed by atoms with Crippen molar-refractivity contribution in [1.29, 1.82) is 0 Å². The third-order valence-corrected chi connectivity index (χ3v) is 4.46. The lowest BCUT2D eigenvalue weighted by Gasteiger charge is -2.17. The zero-order chi connectivity index (χ0) is 13.3. The first-order valence-corrected chi connectivity index (χ1v) is 7.22. The highest BCUT2D eigenvalue weighted by molar-refractivity contribution is 7.12. The van der Waals surface area contributed by atoms with E-state index in [0.717, 1.165) is 5.02 Å². The first kappa shape index (κ1) is 13.6. The van der Waals surface area contributed by atoms with Crippen LogP contribution in [0.3, 0.4) is 0 Å². The molecule has 0 radical (unpaired) electrons. The summed E-state index contributed by atoms with van der Waals surface area (Å²) in [5.41, 5.74) is 3.77. The summed E-state index contributed by atoms with van der Waals surface area (Å²) in [5, 5.41) is 4.20. The van der Waals surface area contributed by atoms with Crippen LogP contribution in [0.5, 0.6) is 0 Å². The smallest absolute Gasteiger partial charge is 0.0672 e. The summed E-state index contributed by atoms with van der Waals surface area (Å²) in [7, 11) is 2.00. The Balaban J connectivity index is 2.48. The Labute approximate surface area is 118 Å². The van der Waals surface area contributed by atoms with Gasteiger partial charge in [0.05, 0.1) is 6.04 Å². The molecule has 1 heterocycles. The molecule has 2 rings (SSSR count). The van der Waals surface area contributed by atoms with E-state index in [2.05, 4.69) is 38.2 Å². The van der Waals surface area contributed by atoms with Crippen LogP contribution in [0.1, 0.15) is 32.5 Å². The molecule has 1 unspecified atom stereocenters. The molecule has 1 aromatic heterocycles. The van der Waals surface area contributed by atoms with E-state index in [4.69, 9.17) is 11.6 Å². The average Bonchev–Trinajstić information content (AvgIpc) is 2.58. The van der Waals surface area contributed by atoms with Gasteiger partial charge in [-0.2, -0.15) is 0 Å². The first-order valence-electron chi connectivity index (χ1n) is 6.02. The van der Waals surface area contributed by atoms with Gasteiger partial charge in [0.25, 0.3) is 0 Å². The van der Waals surface area contributed by atoms with Crippen LogP contribution in [0.2, 0.25) is 5.02 Å². The molecule has 96 valence electrons. The van der Waals surface area contributed by atoms with Gasteiger partial charge in [0, 0.05) is 14.8 Å². The van der Waals surface area contributed by atoms with Gasteiger partial charge in [0.2, 0.25) is 0 Å². The standard InChI is InChI=1S/C15H18ClNS/c1-9-5-12(8-13(16)6-9)14(17-4)15-10(2)7-11(3)18-15/h5-8,14,17H,1-4H3. The van der Waals surface area contributed by atoms with Gasteiger partial charge in [0.1, 0.15) is 0 Å². The first-order chi connectivity index (χ1) is 8.51. The number of benzene rings is 1. The van der Waals surface area contributed by atoms with E-state index >= 15 is 0 Å². The second-order valence-electron chi connectivity index (χ2n) is 4.69. The van der Waals surface area contributed by atoms with Gasteiger partial charge >= 0.3 is 0 Å². The molecule has 0 aliphatic carbocycles. The van der Waals surface area contributed by atoms with Crippen LogP contribution >= 0.6 is 22.9 Å². The fourth-order valence-corrected chi connectivity index (χ4v) is 3.80. The maximum atomic E-state index is 6.16. The molecule has 0 spiro atoms. The van der Waals surface area contributed by atoms with Crippen LogP contribution < -0.4 is 5.32 Å². The second-order valence-corrected chi connectivity index (χ2v) is 6.41. The lowest BCUT2D eigenvalue weighted by Crippen LogP contribution is -2.17. The molecule has 0 aliphatic heterocycles. The Kier molecular flexibility index (Phi) is 4.10. The number of aryl methyl sites for hydroxylation is 3. The number of halogens is 1. The molecule has 18 heavy (non-hydrogen) atoms. The number of rotatable bonds is 3. The summed E-state index contributed by atoms with van der Waals surface area (Å²) in [6.45, 7) is 6.40. The highest BCUT2D eigenvalue weighted by Gasteiger charge is 2.17. The van der Waals surface area contributed by atoms with Crippen molar-refractivity contribution in [1.82, 2.24) is 5.32 Å². The Bertz CT molecular complexity index is 539. The molecule has 2 aromatic rings. The van der Waals surface area contributed by atoms with Crippen LogP contribution in [0.4, 0.5) is 0 Å². The summed E-state index contributed by atoms with van der Waals surface area (Å²) >= 11 is 8.01. The quantitative estimate of drug-likeness (QED) is 0.863. The largest absolute Gasteiger partial charge is 0.309 e. The summed E-state index contributed by atoms with van der Waals surface area (Å²) in [6.07, 6.45) is 0. The zero-order valence-corrected chi connectivity index (χ0v) is 12.7. The molecule has 3 heteroatoms. The topological polar surface area (TPSA) is 12.0 Å². The molecule has 0 amide bonds. The predicted molar refractivity (Wildman–Crippen MR) is 80.9 cm³/mol. The number of thiophene rings is 1. The maximum Gasteiger partial charge on any atom is 0.0672 e. The van der Waals surface area contributed by atoms with E-state index < -0.39 is 0 Å². The van der Waals surface area contributed by atoms with Crippen LogP contribution in [0.25, 0.3) is 0 Å². The van der Waals surface area contributed by atoms with Crippen molar-refractivity contribution in [3.05, 3.63) is 55.7 Å². The number of hydrogen-bond acceptors (Lipinski definition) is 2. The zero-order valence-electron chi connectivity index (χ0n) is 11.2. The van der Waals surface area contributed by atoms with Crippen molar-refractivity contribution in [3.63, 3.8) is 0 Å². The van der Waals surface area contributed by atoms with E-state index in [0.29, 0.717) is 0 Å². The normalized spacial score (nSPS) is 12.7. The lowest BCUT2D eigenvalue weighted by atomic mass is 10.0. The monoisotopic (exact) mass is 279 g/mol. The van der Waals surface area contributed by atoms with E-state index in [1.807, 2.05) is 30.5 Å². The van der Waals surface area contributed by atoms with Crippen molar-refractivity contribution in [2.24, 2.45) is 0 Å². The SMILES string of the molecule is CNC(c1cc(C)cc(Cl)c1)c1sc(C)cc1C. The van der Waals surface area contributed by atoms with Crippen LogP contribution in [-0.2, 0) is 0 Å². The van der Waals surface area contributed by atoms with Gasteiger partial charge < -0.3 is 5.32 Å². The highest BCUT2D eigenvalue weighted by Crippen LogP contribution is 2.33. The summed E-state index contributed by atoms with van der Waals surface area (Å²) in [5.74, 6) is 0. The molecular weight excluding hydrogens is 262 g/mol. The van der Waals surface area contributed by atoms with E-state index in [-0.39, 0.29) is 6.04 Å². The van der Waals surface area contributed by atoms with Crippen molar-refractivity contribution in [2.45, 2.75) is 26.8 Å². The van der Waals surface area contributed by atoms with Crippen LogP contribution in [0.15, 0.2) is 24.3 Å². The van der Waals surface area contributed by atoms with Gasteiger partial charge in [0.15, 0.2) is 0 Å². The molecule has 0 aliphatic rings. The summed E-state index contributed by atoms with van der Waals surface area (Å²) in [4.78, 5) is 2.72. The number of nitrogens with one attached hydrogen (secondary N) is 1. The minimum absolute atomic E-state index is 0.223. The minimum Gasteiger partial charge on any atom is -0.309 e. The van der Waals surface area contributed by atoms with Gasteiger partial charge in [-0.15, -0.1) is 11.3 Å².